The van der Waals surface area contributed by atoms with Crippen molar-refractivity contribution in [2.45, 2.75) is 23.4 Å². The number of fused-ring (bicyclic) bond motifs is 2. The van der Waals surface area contributed by atoms with Gasteiger partial charge in [0.15, 0.2) is 10.7 Å². The molecule has 1 fully saturated rings. The Morgan fingerprint density at radius 1 is 1.03 bits per heavy atom. The van der Waals surface area contributed by atoms with Gasteiger partial charge in [0.25, 0.3) is 15.9 Å². The van der Waals surface area contributed by atoms with Crippen molar-refractivity contribution in [3.05, 3.63) is 95.3 Å². The third-order valence-electron chi connectivity index (χ3n) is 6.23. The number of likely N-dealkylation sites (N-methyl/N-ethyl adjacent to an activating group) is 1. The van der Waals surface area contributed by atoms with Crippen molar-refractivity contribution in [3.63, 3.8) is 0 Å². The molecule has 0 bridgehead atoms. The molecular weight excluding hydrogens is 461 g/mol. The van der Waals surface area contributed by atoms with Crippen molar-refractivity contribution < 1.29 is 17.6 Å². The average Bonchev–Trinajstić information content (AvgIpc) is 3.22. The standard InChI is InChI=1S/C24H20FN3O3S2/c1-15-8-11-18(12-9-15)33(30,31)28-21(16-6-4-3-5-7-16)24(26-23(28)32)19-14-17(25)10-13-20(19)27(2)22(24)29/h3-14,21H,1-2H3,(H,26,32)/t21-,24+/m1/s1. The first kappa shape index (κ1) is 21.5. The van der Waals surface area contributed by atoms with Crippen molar-refractivity contribution in [1.29, 1.82) is 0 Å². The van der Waals surface area contributed by atoms with E-state index in [0.29, 0.717) is 16.8 Å². The second-order valence-electron chi connectivity index (χ2n) is 8.19. The number of halogens is 1. The molecule has 1 N–H and O–H groups in total. The molecule has 3 aromatic rings. The number of amides is 1. The predicted octanol–water partition coefficient (Wildman–Crippen LogP) is 3.63. The Morgan fingerprint density at radius 3 is 2.36 bits per heavy atom. The molecular formula is C24H20FN3O3S2. The minimum absolute atomic E-state index is 0.0495. The Labute approximate surface area is 196 Å². The van der Waals surface area contributed by atoms with Gasteiger partial charge in [-0.1, -0.05) is 48.0 Å². The predicted molar refractivity (Wildman–Crippen MR) is 127 cm³/mol. The van der Waals surface area contributed by atoms with Gasteiger partial charge in [-0.25, -0.2) is 17.1 Å². The normalized spacial score (nSPS) is 22.1. The number of hydrogen-bond donors (Lipinski definition) is 1. The maximum Gasteiger partial charge on any atom is 0.266 e. The van der Waals surface area contributed by atoms with Gasteiger partial charge in [0.1, 0.15) is 11.9 Å². The molecule has 2 aliphatic rings. The lowest BCUT2D eigenvalue weighted by atomic mass is 9.81. The SMILES string of the molecule is Cc1ccc(S(=O)(=O)N2C(=S)N[C@]3(C(=O)N(C)c4ccc(F)cc43)[C@H]2c2ccccc2)cc1. The fourth-order valence-electron chi connectivity index (χ4n) is 4.67. The maximum atomic E-state index is 14.4. The third kappa shape index (κ3) is 2.99. The van der Waals surface area contributed by atoms with Gasteiger partial charge in [0, 0.05) is 18.3 Å². The molecule has 5 rings (SSSR count). The highest BCUT2D eigenvalue weighted by Gasteiger charge is 2.64. The van der Waals surface area contributed by atoms with E-state index in [-0.39, 0.29) is 10.0 Å². The lowest BCUT2D eigenvalue weighted by Gasteiger charge is -2.33. The van der Waals surface area contributed by atoms with Crippen LogP contribution in [0.5, 0.6) is 0 Å². The van der Waals surface area contributed by atoms with E-state index < -0.39 is 33.3 Å². The van der Waals surface area contributed by atoms with E-state index in [4.69, 9.17) is 12.2 Å². The molecule has 3 aromatic carbocycles. The Morgan fingerprint density at radius 2 is 1.70 bits per heavy atom. The maximum absolute atomic E-state index is 14.4. The Bertz CT molecular complexity index is 1390. The first-order chi connectivity index (χ1) is 15.7. The van der Waals surface area contributed by atoms with E-state index in [2.05, 4.69) is 5.32 Å². The molecule has 0 unspecified atom stereocenters. The summed E-state index contributed by atoms with van der Waals surface area (Å²) >= 11 is 5.53. The zero-order valence-electron chi connectivity index (χ0n) is 17.8. The molecule has 0 radical (unpaired) electrons. The topological polar surface area (TPSA) is 69.7 Å². The first-order valence-corrected chi connectivity index (χ1v) is 12.1. The van der Waals surface area contributed by atoms with Gasteiger partial charge < -0.3 is 10.2 Å². The summed E-state index contributed by atoms with van der Waals surface area (Å²) in [6, 6.07) is 18.2. The Hall–Kier alpha value is -3.30. The summed E-state index contributed by atoms with van der Waals surface area (Å²) in [7, 11) is -2.57. The Balaban J connectivity index is 1.79. The van der Waals surface area contributed by atoms with Crippen LogP contribution in [-0.4, -0.2) is 30.8 Å². The molecule has 1 saturated heterocycles. The van der Waals surface area contributed by atoms with Crippen LogP contribution in [0.1, 0.15) is 22.7 Å². The smallest absolute Gasteiger partial charge is 0.266 e. The van der Waals surface area contributed by atoms with Crippen LogP contribution in [-0.2, 0) is 20.4 Å². The highest BCUT2D eigenvalue weighted by molar-refractivity contribution is 7.91. The van der Waals surface area contributed by atoms with E-state index in [1.807, 2.05) is 6.92 Å². The van der Waals surface area contributed by atoms with Crippen LogP contribution in [0.25, 0.3) is 0 Å². The number of aryl methyl sites for hydroxylation is 1. The van der Waals surface area contributed by atoms with Crippen molar-refractivity contribution in [3.8, 4) is 0 Å². The zero-order chi connectivity index (χ0) is 23.5. The average molecular weight is 482 g/mol. The van der Waals surface area contributed by atoms with E-state index in [0.717, 1.165) is 9.87 Å². The molecule has 0 aromatic heterocycles. The molecule has 168 valence electrons. The number of thiocarbonyl (C=S) groups is 1. The minimum atomic E-state index is -4.15. The molecule has 0 saturated carbocycles. The van der Waals surface area contributed by atoms with Crippen LogP contribution in [0.3, 0.4) is 0 Å². The molecule has 9 heteroatoms. The summed E-state index contributed by atoms with van der Waals surface area (Å²) in [4.78, 5) is 15.2. The van der Waals surface area contributed by atoms with Gasteiger partial charge in [-0.05, 0) is 55.0 Å². The Kier molecular flexibility index (Phi) is 4.80. The summed E-state index contributed by atoms with van der Waals surface area (Å²) in [5.74, 6) is -0.948. The van der Waals surface area contributed by atoms with E-state index >= 15 is 0 Å². The molecule has 2 aliphatic heterocycles. The van der Waals surface area contributed by atoms with Gasteiger partial charge in [-0.2, -0.15) is 0 Å². The van der Waals surface area contributed by atoms with E-state index in [9.17, 15) is 17.6 Å². The van der Waals surface area contributed by atoms with Gasteiger partial charge in [0.2, 0.25) is 0 Å². The fraction of sp³-hybridized carbons (Fsp3) is 0.167. The van der Waals surface area contributed by atoms with Crippen LogP contribution in [0.15, 0.2) is 77.7 Å². The lowest BCUT2D eigenvalue weighted by Crippen LogP contribution is -2.50. The summed E-state index contributed by atoms with van der Waals surface area (Å²) < 4.78 is 43.2. The number of nitrogens with one attached hydrogen (secondary N) is 1. The molecule has 1 spiro atoms. The highest BCUT2D eigenvalue weighted by Crippen LogP contribution is 2.53. The second kappa shape index (κ2) is 7.36. The summed E-state index contributed by atoms with van der Waals surface area (Å²) in [6.07, 6.45) is 0. The van der Waals surface area contributed by atoms with Gasteiger partial charge >= 0.3 is 0 Å². The van der Waals surface area contributed by atoms with Crippen molar-refractivity contribution in [1.82, 2.24) is 9.62 Å². The van der Waals surface area contributed by atoms with Crippen molar-refractivity contribution >= 4 is 38.9 Å². The van der Waals surface area contributed by atoms with Crippen molar-refractivity contribution in [2.24, 2.45) is 0 Å². The monoisotopic (exact) mass is 481 g/mol. The second-order valence-corrected chi connectivity index (χ2v) is 10.4. The fourth-order valence-corrected chi connectivity index (χ4v) is 6.76. The summed E-state index contributed by atoms with van der Waals surface area (Å²) in [6.45, 7) is 1.86. The molecule has 2 atom stereocenters. The quantitative estimate of drug-likeness (QED) is 0.579. The summed E-state index contributed by atoms with van der Waals surface area (Å²) in [5, 5.41) is 2.88. The number of sulfonamides is 1. The van der Waals surface area contributed by atoms with Crippen molar-refractivity contribution in [2.75, 3.05) is 11.9 Å². The van der Waals surface area contributed by atoms with Gasteiger partial charge in [-0.15, -0.1) is 0 Å². The number of nitrogens with zero attached hydrogens (tertiary/aromatic N) is 2. The van der Waals surface area contributed by atoms with Crippen LogP contribution in [0, 0.1) is 12.7 Å². The third-order valence-corrected chi connectivity index (χ3v) is 8.42. The van der Waals surface area contributed by atoms with Gasteiger partial charge in [0.05, 0.1) is 4.90 Å². The lowest BCUT2D eigenvalue weighted by molar-refractivity contribution is -0.124. The largest absolute Gasteiger partial charge is 0.342 e. The van der Waals surface area contributed by atoms with Gasteiger partial charge in [-0.3, -0.25) is 4.79 Å². The minimum Gasteiger partial charge on any atom is -0.342 e. The number of hydrogen-bond acceptors (Lipinski definition) is 4. The number of benzene rings is 3. The zero-order valence-corrected chi connectivity index (χ0v) is 19.5. The molecule has 0 aliphatic carbocycles. The van der Waals surface area contributed by atoms with Crippen LogP contribution >= 0.6 is 12.2 Å². The van der Waals surface area contributed by atoms with Crippen LogP contribution < -0.4 is 10.2 Å². The number of anilines is 1. The van der Waals surface area contributed by atoms with E-state index in [1.165, 1.54) is 35.2 Å². The summed E-state index contributed by atoms with van der Waals surface area (Å²) in [5.41, 5.74) is 0.686. The molecule has 1 amide bonds. The van der Waals surface area contributed by atoms with Crippen LogP contribution in [0.4, 0.5) is 10.1 Å². The molecule has 6 nitrogen and oxygen atoms in total. The first-order valence-electron chi connectivity index (χ1n) is 10.2. The molecule has 2 heterocycles. The number of carbonyl (C=O) groups excluding carboxylic acids is 1. The van der Waals surface area contributed by atoms with Crippen LogP contribution in [0.2, 0.25) is 0 Å². The number of rotatable bonds is 3. The number of carbonyl (C=O) groups is 1. The molecule has 33 heavy (non-hydrogen) atoms. The highest BCUT2D eigenvalue weighted by atomic mass is 32.2. The van der Waals surface area contributed by atoms with E-state index in [1.54, 1.807) is 49.5 Å².